The molecular formula is C29H30N4O6. The molecule has 1 aliphatic heterocycles. The Morgan fingerprint density at radius 3 is 2.44 bits per heavy atom. The molecule has 10 heteroatoms. The zero-order valence-corrected chi connectivity index (χ0v) is 21.5. The summed E-state index contributed by atoms with van der Waals surface area (Å²) in [6, 6.07) is 20.1. The topological polar surface area (TPSA) is 134 Å². The first-order valence-corrected chi connectivity index (χ1v) is 12.7. The molecule has 0 aliphatic carbocycles. The molecule has 2 atom stereocenters. The lowest BCUT2D eigenvalue weighted by molar-refractivity contribution is -0.140. The van der Waals surface area contributed by atoms with Crippen LogP contribution in [0.2, 0.25) is 0 Å². The molecule has 0 radical (unpaired) electrons. The lowest BCUT2D eigenvalue weighted by Gasteiger charge is -2.27. The predicted molar refractivity (Wildman–Crippen MR) is 143 cm³/mol. The molecule has 10 nitrogen and oxygen atoms in total. The number of nitrogens with zero attached hydrogens (tertiary/aromatic N) is 1. The summed E-state index contributed by atoms with van der Waals surface area (Å²) in [7, 11) is 0. The van der Waals surface area contributed by atoms with Gasteiger partial charge in [0.05, 0.1) is 0 Å². The van der Waals surface area contributed by atoms with Gasteiger partial charge in [0.25, 0.3) is 5.91 Å². The van der Waals surface area contributed by atoms with Gasteiger partial charge in [-0.2, -0.15) is 0 Å². The number of carbonyl (C=O) groups is 5. The van der Waals surface area contributed by atoms with Gasteiger partial charge in [-0.15, -0.1) is 0 Å². The highest BCUT2D eigenvalue weighted by molar-refractivity contribution is 6.08. The number of fused-ring (bicyclic) bond motifs is 1. The first-order chi connectivity index (χ1) is 18.8. The number of nitrogens with one attached hydrogen (secondary N) is 3. The van der Waals surface area contributed by atoms with Crippen molar-refractivity contribution >= 4 is 40.5 Å². The van der Waals surface area contributed by atoms with Gasteiger partial charge in [0.2, 0.25) is 17.7 Å². The second kappa shape index (κ2) is 12.7. The minimum Gasteiger partial charge on any atom is -0.445 e. The van der Waals surface area contributed by atoms with Gasteiger partial charge >= 0.3 is 6.09 Å². The normalized spacial score (nSPS) is 15.3. The van der Waals surface area contributed by atoms with Gasteiger partial charge in [-0.05, 0) is 48.2 Å². The number of hydrogen-bond donors (Lipinski definition) is 3. The average Bonchev–Trinajstić information content (AvgIpc) is 3.45. The quantitative estimate of drug-likeness (QED) is 0.383. The number of rotatable bonds is 8. The maximum absolute atomic E-state index is 13.0. The molecular weight excluding hydrogens is 500 g/mol. The molecule has 0 spiro atoms. The van der Waals surface area contributed by atoms with Crippen LogP contribution in [0.15, 0.2) is 72.8 Å². The molecule has 0 bridgehead atoms. The van der Waals surface area contributed by atoms with E-state index < -0.39 is 41.8 Å². The Bertz CT molecular complexity index is 1380. The van der Waals surface area contributed by atoms with E-state index in [9.17, 15) is 24.0 Å². The van der Waals surface area contributed by atoms with Crippen LogP contribution in [-0.2, 0) is 25.7 Å². The number of likely N-dealkylation sites (tertiary alicyclic amines) is 1. The fourth-order valence-electron chi connectivity index (χ4n) is 4.43. The third-order valence-electron chi connectivity index (χ3n) is 6.44. The van der Waals surface area contributed by atoms with E-state index in [0.717, 1.165) is 16.3 Å². The number of imide groups is 1. The fourth-order valence-corrected chi connectivity index (χ4v) is 4.43. The van der Waals surface area contributed by atoms with Crippen LogP contribution in [0.25, 0.3) is 10.8 Å². The molecule has 3 N–H and O–H groups in total. The van der Waals surface area contributed by atoms with Gasteiger partial charge in [-0.3, -0.25) is 24.5 Å². The minimum absolute atomic E-state index is 0.0605. The highest BCUT2D eigenvalue weighted by Gasteiger charge is 2.37. The summed E-state index contributed by atoms with van der Waals surface area (Å²) >= 11 is 0. The third-order valence-corrected chi connectivity index (χ3v) is 6.44. The van der Waals surface area contributed by atoms with Crippen LogP contribution in [0.3, 0.4) is 0 Å². The second-order valence-electron chi connectivity index (χ2n) is 9.27. The molecule has 0 unspecified atom stereocenters. The molecule has 3 aromatic carbocycles. The maximum atomic E-state index is 13.0. The number of ether oxygens (including phenoxy) is 1. The van der Waals surface area contributed by atoms with Gasteiger partial charge < -0.3 is 20.3 Å². The lowest BCUT2D eigenvalue weighted by Crippen LogP contribution is -2.54. The van der Waals surface area contributed by atoms with Crippen molar-refractivity contribution in [3.8, 4) is 0 Å². The van der Waals surface area contributed by atoms with E-state index >= 15 is 0 Å². The Morgan fingerprint density at radius 2 is 1.67 bits per heavy atom. The Balaban J connectivity index is 1.25. The molecule has 1 saturated heterocycles. The lowest BCUT2D eigenvalue weighted by atomic mass is 10.1. The van der Waals surface area contributed by atoms with E-state index in [1.807, 2.05) is 48.5 Å². The van der Waals surface area contributed by atoms with Gasteiger partial charge in [-0.1, -0.05) is 60.7 Å². The molecule has 4 rings (SSSR count). The highest BCUT2D eigenvalue weighted by atomic mass is 16.5. The number of amides is 5. The second-order valence-corrected chi connectivity index (χ2v) is 9.27. The molecule has 0 saturated carbocycles. The van der Waals surface area contributed by atoms with Crippen LogP contribution in [-0.4, -0.2) is 59.8 Å². The Morgan fingerprint density at radius 1 is 0.949 bits per heavy atom. The zero-order valence-electron chi connectivity index (χ0n) is 21.5. The maximum Gasteiger partial charge on any atom is 0.407 e. The van der Waals surface area contributed by atoms with Crippen molar-refractivity contribution in [2.75, 3.05) is 13.1 Å². The van der Waals surface area contributed by atoms with Gasteiger partial charge in [-0.25, -0.2) is 4.79 Å². The number of alkyl carbamates (subject to hydrolysis) is 1. The standard InChI is InChI=1S/C29H30N4O6/c1-19(31-25(34)17-30-29(38)39-18-20-8-3-2-4-9-20)28(37)33-15-7-12-24(33)27(36)32-26(35)23-14-13-21-10-5-6-11-22(21)16-23/h2-6,8-11,13-14,16,19,24H,7,12,15,17-18H2,1H3,(H,30,38)(H,31,34)(H,32,35,36)/t19-,24-/m0/s1. The van der Waals surface area contributed by atoms with Gasteiger partial charge in [0, 0.05) is 12.1 Å². The Kier molecular flexibility index (Phi) is 8.88. The monoisotopic (exact) mass is 530 g/mol. The van der Waals surface area contributed by atoms with Crippen LogP contribution in [0.4, 0.5) is 4.79 Å². The van der Waals surface area contributed by atoms with E-state index in [1.54, 1.807) is 24.3 Å². The van der Waals surface area contributed by atoms with Crippen molar-refractivity contribution < 1.29 is 28.7 Å². The number of carbonyl (C=O) groups excluding carboxylic acids is 5. The molecule has 1 aliphatic rings. The molecule has 1 heterocycles. The molecule has 1 fully saturated rings. The van der Waals surface area contributed by atoms with E-state index in [0.29, 0.717) is 24.9 Å². The number of hydrogen-bond acceptors (Lipinski definition) is 6. The molecule has 3 aromatic rings. The van der Waals surface area contributed by atoms with Gasteiger partial charge in [0.15, 0.2) is 0 Å². The van der Waals surface area contributed by atoms with E-state index in [1.165, 1.54) is 11.8 Å². The summed E-state index contributed by atoms with van der Waals surface area (Å²) < 4.78 is 5.06. The summed E-state index contributed by atoms with van der Waals surface area (Å²) in [5.74, 6) is -2.15. The van der Waals surface area contributed by atoms with Crippen molar-refractivity contribution in [1.29, 1.82) is 0 Å². The third kappa shape index (κ3) is 7.19. The minimum atomic E-state index is -0.941. The van der Waals surface area contributed by atoms with E-state index in [-0.39, 0.29) is 13.2 Å². The van der Waals surface area contributed by atoms with Crippen LogP contribution in [0, 0.1) is 0 Å². The Labute approximate surface area is 225 Å². The largest absolute Gasteiger partial charge is 0.445 e. The summed E-state index contributed by atoms with van der Waals surface area (Å²) in [6.45, 7) is 1.51. The SMILES string of the molecule is C[C@H](NC(=O)CNC(=O)OCc1ccccc1)C(=O)N1CCC[C@H]1C(=O)NC(=O)c1ccc2ccccc2c1. The molecule has 202 valence electrons. The molecule has 0 aromatic heterocycles. The predicted octanol–water partition coefficient (Wildman–Crippen LogP) is 2.52. The average molecular weight is 531 g/mol. The van der Waals surface area contributed by atoms with Crippen molar-refractivity contribution in [2.45, 2.75) is 38.5 Å². The summed E-state index contributed by atoms with van der Waals surface area (Å²) in [5, 5.41) is 9.12. The summed E-state index contributed by atoms with van der Waals surface area (Å²) in [5.41, 5.74) is 1.15. The highest BCUT2D eigenvalue weighted by Crippen LogP contribution is 2.20. The molecule has 39 heavy (non-hydrogen) atoms. The van der Waals surface area contributed by atoms with E-state index in [4.69, 9.17) is 4.74 Å². The zero-order chi connectivity index (χ0) is 27.8. The fraction of sp³-hybridized carbons (Fsp3) is 0.276. The van der Waals surface area contributed by atoms with E-state index in [2.05, 4.69) is 16.0 Å². The van der Waals surface area contributed by atoms with Crippen LogP contribution < -0.4 is 16.0 Å². The van der Waals surface area contributed by atoms with Crippen molar-refractivity contribution in [3.63, 3.8) is 0 Å². The smallest absolute Gasteiger partial charge is 0.407 e. The van der Waals surface area contributed by atoms with Crippen LogP contribution in [0.1, 0.15) is 35.7 Å². The van der Waals surface area contributed by atoms with Crippen molar-refractivity contribution in [2.24, 2.45) is 0 Å². The van der Waals surface area contributed by atoms with Crippen LogP contribution >= 0.6 is 0 Å². The first kappa shape index (κ1) is 27.3. The summed E-state index contributed by atoms with van der Waals surface area (Å²) in [6.07, 6.45) is 0.224. The van der Waals surface area contributed by atoms with Crippen LogP contribution in [0.5, 0.6) is 0 Å². The first-order valence-electron chi connectivity index (χ1n) is 12.7. The number of benzene rings is 3. The molecule has 5 amide bonds. The summed E-state index contributed by atoms with van der Waals surface area (Å²) in [4.78, 5) is 64.2. The Hall–Kier alpha value is -4.73. The van der Waals surface area contributed by atoms with Crippen molar-refractivity contribution in [3.05, 3.63) is 83.9 Å². The van der Waals surface area contributed by atoms with Crippen molar-refractivity contribution in [1.82, 2.24) is 20.9 Å². The van der Waals surface area contributed by atoms with Gasteiger partial charge in [0.1, 0.15) is 25.2 Å².